The van der Waals surface area contributed by atoms with Gasteiger partial charge in [0.2, 0.25) is 5.91 Å². The molecule has 2 heterocycles. The second-order valence-corrected chi connectivity index (χ2v) is 7.77. The molecule has 0 saturated carbocycles. The monoisotopic (exact) mass is 434 g/mol. The van der Waals surface area contributed by atoms with Crippen molar-refractivity contribution >= 4 is 35.3 Å². The number of anilines is 2. The molecule has 8 heteroatoms. The van der Waals surface area contributed by atoms with E-state index >= 15 is 0 Å². The van der Waals surface area contributed by atoms with Gasteiger partial charge < -0.3 is 20.3 Å². The van der Waals surface area contributed by atoms with Crippen LogP contribution in [0.2, 0.25) is 0 Å². The van der Waals surface area contributed by atoms with Crippen LogP contribution in [0.3, 0.4) is 0 Å². The van der Waals surface area contributed by atoms with Crippen molar-refractivity contribution in [2.24, 2.45) is 0 Å². The van der Waals surface area contributed by atoms with Crippen LogP contribution in [-0.4, -0.2) is 49.5 Å². The Hall–Kier alpha value is -3.81. The Balaban J connectivity index is 1.40. The predicted octanol–water partition coefficient (Wildman–Crippen LogP) is 3.22. The van der Waals surface area contributed by atoms with Gasteiger partial charge in [0.15, 0.2) is 0 Å². The molecule has 0 aliphatic carbocycles. The summed E-state index contributed by atoms with van der Waals surface area (Å²) in [4.78, 5) is 40.7. The van der Waals surface area contributed by atoms with Gasteiger partial charge in [-0.05, 0) is 55.2 Å². The summed E-state index contributed by atoms with van der Waals surface area (Å²) in [5.74, 6) is -0.540. The number of carbonyl (C=O) groups excluding carboxylic acids is 3. The van der Waals surface area contributed by atoms with Crippen molar-refractivity contribution in [3.05, 3.63) is 59.8 Å². The van der Waals surface area contributed by atoms with E-state index in [2.05, 4.69) is 15.5 Å². The molecule has 2 N–H and O–H groups in total. The molecule has 0 spiro atoms. The van der Waals surface area contributed by atoms with E-state index in [4.69, 9.17) is 4.74 Å². The summed E-state index contributed by atoms with van der Waals surface area (Å²) in [5, 5.41) is 5.22. The molecule has 4 rings (SSSR count). The molecule has 2 saturated heterocycles. The number of nitrogens with zero attached hydrogens (tertiary/aromatic N) is 2. The van der Waals surface area contributed by atoms with Gasteiger partial charge in [-0.15, -0.1) is 0 Å². The molecule has 2 aliphatic heterocycles. The largest absolute Gasteiger partial charge is 0.495 e. The zero-order chi connectivity index (χ0) is 22.5. The minimum Gasteiger partial charge on any atom is -0.495 e. The number of carbonyl (C=O) groups is 3. The maximum Gasteiger partial charge on any atom is 0.329 e. The number of para-hydroxylation sites is 2. The van der Waals surface area contributed by atoms with Crippen molar-refractivity contribution in [1.29, 1.82) is 0 Å². The fraction of sp³-hybridized carbons (Fsp3) is 0.292. The Kier molecular flexibility index (Phi) is 6.39. The number of amides is 4. The molecule has 0 bridgehead atoms. The summed E-state index contributed by atoms with van der Waals surface area (Å²) in [5.41, 5.74) is 2.57. The molecule has 0 atom stereocenters. The van der Waals surface area contributed by atoms with Gasteiger partial charge in [-0.1, -0.05) is 24.3 Å². The van der Waals surface area contributed by atoms with Gasteiger partial charge in [-0.25, -0.2) is 9.69 Å². The number of methoxy groups -OCH3 is 1. The van der Waals surface area contributed by atoms with Crippen LogP contribution in [0.5, 0.6) is 5.75 Å². The highest BCUT2D eigenvalue weighted by Gasteiger charge is 2.35. The lowest BCUT2D eigenvalue weighted by atomic mass is 10.1. The van der Waals surface area contributed by atoms with Gasteiger partial charge >= 0.3 is 6.03 Å². The maximum absolute atomic E-state index is 12.7. The van der Waals surface area contributed by atoms with Crippen LogP contribution >= 0.6 is 0 Å². The molecule has 4 amide bonds. The highest BCUT2D eigenvalue weighted by atomic mass is 16.5. The molecular weight excluding hydrogens is 408 g/mol. The Morgan fingerprint density at radius 3 is 2.50 bits per heavy atom. The summed E-state index contributed by atoms with van der Waals surface area (Å²) in [6, 6.07) is 14.2. The third-order valence-electron chi connectivity index (χ3n) is 5.57. The standard InChI is InChI=1S/C24H26N4O4/c1-32-21-8-4-3-7-19(21)25-22(29)16-28-23(30)20(26-24(28)31)15-17-9-11-18(12-10-17)27-13-5-2-6-14-27/h3-4,7-12,15H,2,5-6,13-14,16H2,1H3,(H,25,29)(H,26,31)/b20-15+. The van der Waals surface area contributed by atoms with Crippen molar-refractivity contribution in [2.45, 2.75) is 19.3 Å². The van der Waals surface area contributed by atoms with Crippen molar-refractivity contribution in [3.8, 4) is 5.75 Å². The molecular formula is C24H26N4O4. The maximum atomic E-state index is 12.7. The summed E-state index contributed by atoms with van der Waals surface area (Å²) >= 11 is 0. The van der Waals surface area contributed by atoms with Crippen molar-refractivity contribution in [2.75, 3.05) is 37.0 Å². The van der Waals surface area contributed by atoms with Gasteiger partial charge in [0, 0.05) is 18.8 Å². The molecule has 0 aromatic heterocycles. The molecule has 2 aliphatic rings. The highest BCUT2D eigenvalue weighted by molar-refractivity contribution is 6.16. The zero-order valence-corrected chi connectivity index (χ0v) is 18.0. The summed E-state index contributed by atoms with van der Waals surface area (Å²) < 4.78 is 5.20. The van der Waals surface area contributed by atoms with E-state index in [0.717, 1.165) is 29.2 Å². The Morgan fingerprint density at radius 2 is 1.78 bits per heavy atom. The number of hydrogen-bond donors (Lipinski definition) is 2. The van der Waals surface area contributed by atoms with E-state index in [1.165, 1.54) is 26.4 Å². The second-order valence-electron chi connectivity index (χ2n) is 7.77. The van der Waals surface area contributed by atoms with Gasteiger partial charge in [-0.3, -0.25) is 9.59 Å². The van der Waals surface area contributed by atoms with Gasteiger partial charge in [0.25, 0.3) is 5.91 Å². The molecule has 2 aromatic rings. The summed E-state index contributed by atoms with van der Waals surface area (Å²) in [7, 11) is 1.50. The van der Waals surface area contributed by atoms with E-state index in [1.54, 1.807) is 30.3 Å². The predicted molar refractivity (Wildman–Crippen MR) is 122 cm³/mol. The Bertz CT molecular complexity index is 1040. The molecule has 166 valence electrons. The SMILES string of the molecule is COc1ccccc1NC(=O)CN1C(=O)N/C(=C/c2ccc(N3CCCCC3)cc2)C1=O. The molecule has 32 heavy (non-hydrogen) atoms. The molecule has 8 nitrogen and oxygen atoms in total. The third-order valence-corrected chi connectivity index (χ3v) is 5.57. The van der Waals surface area contributed by atoms with Crippen LogP contribution in [0.25, 0.3) is 6.08 Å². The van der Waals surface area contributed by atoms with E-state index in [9.17, 15) is 14.4 Å². The number of nitrogens with one attached hydrogen (secondary N) is 2. The minimum atomic E-state index is -0.624. The number of rotatable bonds is 6. The average Bonchev–Trinajstić information content (AvgIpc) is 3.07. The number of piperidine rings is 1. The van der Waals surface area contributed by atoms with Crippen LogP contribution in [-0.2, 0) is 9.59 Å². The lowest BCUT2D eigenvalue weighted by Crippen LogP contribution is -2.38. The second kappa shape index (κ2) is 9.55. The molecule has 0 unspecified atom stereocenters. The smallest absolute Gasteiger partial charge is 0.329 e. The number of ether oxygens (including phenoxy) is 1. The van der Waals surface area contributed by atoms with Crippen molar-refractivity contribution < 1.29 is 19.1 Å². The molecule has 2 fully saturated rings. The molecule has 0 radical (unpaired) electrons. The highest BCUT2D eigenvalue weighted by Crippen LogP contribution is 2.24. The van der Waals surface area contributed by atoms with Crippen LogP contribution in [0.15, 0.2) is 54.2 Å². The average molecular weight is 434 g/mol. The van der Waals surface area contributed by atoms with Crippen LogP contribution in [0.4, 0.5) is 16.2 Å². The van der Waals surface area contributed by atoms with Crippen LogP contribution in [0.1, 0.15) is 24.8 Å². The quantitative estimate of drug-likeness (QED) is 0.538. The van der Waals surface area contributed by atoms with Gasteiger partial charge in [0.1, 0.15) is 18.0 Å². The lowest BCUT2D eigenvalue weighted by Gasteiger charge is -2.28. The van der Waals surface area contributed by atoms with Crippen molar-refractivity contribution in [1.82, 2.24) is 10.2 Å². The first-order valence-corrected chi connectivity index (χ1v) is 10.7. The normalized spacial score (nSPS) is 17.5. The van der Waals surface area contributed by atoms with Crippen molar-refractivity contribution in [3.63, 3.8) is 0 Å². The molecule has 2 aromatic carbocycles. The Morgan fingerprint density at radius 1 is 1.06 bits per heavy atom. The zero-order valence-electron chi connectivity index (χ0n) is 18.0. The van der Waals surface area contributed by atoms with Crippen LogP contribution in [0, 0.1) is 0 Å². The van der Waals surface area contributed by atoms with Gasteiger partial charge in [0.05, 0.1) is 12.8 Å². The summed E-state index contributed by atoms with van der Waals surface area (Å²) in [6.45, 7) is 1.72. The minimum absolute atomic E-state index is 0.144. The number of benzene rings is 2. The first-order chi connectivity index (χ1) is 15.5. The van der Waals surface area contributed by atoms with Crippen LogP contribution < -0.4 is 20.3 Å². The first kappa shape index (κ1) is 21.4. The van der Waals surface area contributed by atoms with Gasteiger partial charge in [-0.2, -0.15) is 0 Å². The number of hydrogen-bond acceptors (Lipinski definition) is 5. The fourth-order valence-electron chi connectivity index (χ4n) is 3.90. The Labute approximate surface area is 186 Å². The topological polar surface area (TPSA) is 91.0 Å². The fourth-order valence-corrected chi connectivity index (χ4v) is 3.90. The van der Waals surface area contributed by atoms with E-state index in [0.29, 0.717) is 11.4 Å². The number of urea groups is 1. The number of imide groups is 1. The lowest BCUT2D eigenvalue weighted by molar-refractivity contribution is -0.127. The van der Waals surface area contributed by atoms with E-state index in [1.807, 2.05) is 24.3 Å². The van der Waals surface area contributed by atoms with E-state index < -0.39 is 24.4 Å². The first-order valence-electron chi connectivity index (χ1n) is 10.7. The third kappa shape index (κ3) is 4.74. The van der Waals surface area contributed by atoms with E-state index in [-0.39, 0.29) is 5.70 Å². The summed E-state index contributed by atoms with van der Waals surface area (Å²) in [6.07, 6.45) is 5.30.